The van der Waals surface area contributed by atoms with E-state index in [-0.39, 0.29) is 5.91 Å². The van der Waals surface area contributed by atoms with E-state index in [4.69, 9.17) is 14.5 Å². The lowest BCUT2D eigenvalue weighted by molar-refractivity contribution is -0.125. The molecule has 3 aromatic rings. The second kappa shape index (κ2) is 9.41. The number of aryl methyl sites for hydroxylation is 1. The first-order valence-electron chi connectivity index (χ1n) is 10.3. The molecule has 0 bridgehead atoms. The Morgan fingerprint density at radius 2 is 2.00 bits per heavy atom. The van der Waals surface area contributed by atoms with Gasteiger partial charge in [-0.05, 0) is 43.5 Å². The molecule has 2 aromatic carbocycles. The first-order valence-corrected chi connectivity index (χ1v) is 11.1. The molecule has 156 valence electrons. The number of carbonyl (C=O) groups excluding carboxylic acids is 1. The van der Waals surface area contributed by atoms with Gasteiger partial charge in [0.05, 0.1) is 23.0 Å². The summed E-state index contributed by atoms with van der Waals surface area (Å²) in [7, 11) is 1.70. The van der Waals surface area contributed by atoms with Gasteiger partial charge in [-0.1, -0.05) is 30.3 Å². The van der Waals surface area contributed by atoms with Crippen LogP contribution < -0.4 is 9.64 Å². The highest BCUT2D eigenvalue weighted by atomic mass is 32.1. The quantitative estimate of drug-likeness (QED) is 0.526. The van der Waals surface area contributed by atoms with Gasteiger partial charge in [-0.2, -0.15) is 0 Å². The highest BCUT2D eigenvalue weighted by molar-refractivity contribution is 7.09. The summed E-state index contributed by atoms with van der Waals surface area (Å²) in [5.74, 6) is 0.757. The van der Waals surface area contributed by atoms with Crippen molar-refractivity contribution < 1.29 is 14.3 Å². The number of nitrogens with zero attached hydrogens (tertiary/aromatic N) is 2. The highest BCUT2D eigenvalue weighted by Crippen LogP contribution is 2.38. The van der Waals surface area contributed by atoms with E-state index in [0.717, 1.165) is 47.0 Å². The van der Waals surface area contributed by atoms with E-state index in [2.05, 4.69) is 17.5 Å². The van der Waals surface area contributed by atoms with Crippen molar-refractivity contribution in [3.05, 3.63) is 64.5 Å². The summed E-state index contributed by atoms with van der Waals surface area (Å²) in [4.78, 5) is 19.5. The molecule has 6 heteroatoms. The number of thiazole rings is 1. The van der Waals surface area contributed by atoms with E-state index < -0.39 is 6.10 Å². The van der Waals surface area contributed by atoms with Gasteiger partial charge in [-0.25, -0.2) is 4.98 Å². The third-order valence-corrected chi connectivity index (χ3v) is 6.13. The van der Waals surface area contributed by atoms with Gasteiger partial charge in [0.1, 0.15) is 5.75 Å². The Morgan fingerprint density at radius 1 is 1.17 bits per heavy atom. The number of amides is 1. The van der Waals surface area contributed by atoms with Crippen LogP contribution in [0.15, 0.2) is 53.9 Å². The summed E-state index contributed by atoms with van der Waals surface area (Å²) >= 11 is 1.63. The fraction of sp³-hybridized carbons (Fsp3) is 0.333. The number of anilines is 1. The fourth-order valence-corrected chi connectivity index (χ4v) is 4.42. The lowest BCUT2D eigenvalue weighted by Gasteiger charge is -2.33. The Kier molecular flexibility index (Phi) is 6.45. The molecule has 0 radical (unpaired) electrons. The Bertz CT molecular complexity index is 1000. The third kappa shape index (κ3) is 4.55. The fourth-order valence-electron chi connectivity index (χ4n) is 3.63. The number of methoxy groups -OCH3 is 1. The molecule has 5 nitrogen and oxygen atoms in total. The van der Waals surface area contributed by atoms with Crippen LogP contribution in [0.2, 0.25) is 0 Å². The number of fused-ring (bicyclic) bond motifs is 1. The molecule has 0 saturated carbocycles. The Morgan fingerprint density at radius 3 is 2.80 bits per heavy atom. The van der Waals surface area contributed by atoms with Gasteiger partial charge >= 0.3 is 0 Å². The summed E-state index contributed by atoms with van der Waals surface area (Å²) in [6, 6.07) is 16.4. The van der Waals surface area contributed by atoms with Gasteiger partial charge in [0, 0.05) is 31.0 Å². The summed E-state index contributed by atoms with van der Waals surface area (Å²) in [5, 5.41) is 3.10. The minimum absolute atomic E-state index is 0.00627. The van der Waals surface area contributed by atoms with Crippen molar-refractivity contribution in [2.24, 2.45) is 0 Å². The number of rotatable bonds is 8. The standard InChI is InChI=1S/C24H26N2O3S/c1-17-24(27)26(13-6-9-18-7-4-3-5-8-18)21-15-19(10-11-22(21)29-17)20-16-30-23(25-20)12-14-28-2/h3-5,7-8,10-11,15-17H,6,9,12-14H2,1-2H3. The lowest BCUT2D eigenvalue weighted by atomic mass is 10.1. The van der Waals surface area contributed by atoms with Gasteiger partial charge in [0.15, 0.2) is 6.10 Å². The monoisotopic (exact) mass is 422 g/mol. The van der Waals surface area contributed by atoms with Crippen LogP contribution in [0.5, 0.6) is 5.75 Å². The molecule has 0 N–H and O–H groups in total. The zero-order valence-electron chi connectivity index (χ0n) is 17.3. The molecule has 30 heavy (non-hydrogen) atoms. The van der Waals surface area contributed by atoms with E-state index in [1.54, 1.807) is 18.4 Å². The molecule has 0 aliphatic carbocycles. The minimum atomic E-state index is -0.472. The summed E-state index contributed by atoms with van der Waals surface area (Å²) in [6.45, 7) is 3.13. The van der Waals surface area contributed by atoms with Crippen LogP contribution in [0, 0.1) is 0 Å². The van der Waals surface area contributed by atoms with Crippen molar-refractivity contribution in [1.29, 1.82) is 0 Å². The predicted octanol–water partition coefficient (Wildman–Crippen LogP) is 4.75. The Balaban J connectivity index is 1.54. The van der Waals surface area contributed by atoms with Crippen LogP contribution >= 0.6 is 11.3 Å². The van der Waals surface area contributed by atoms with E-state index in [0.29, 0.717) is 13.2 Å². The number of carbonyl (C=O) groups is 1. The molecule has 0 saturated heterocycles. The van der Waals surface area contributed by atoms with Gasteiger partial charge in [-0.15, -0.1) is 11.3 Å². The molecule has 1 aliphatic rings. The predicted molar refractivity (Wildman–Crippen MR) is 120 cm³/mol. The van der Waals surface area contributed by atoms with Crippen molar-refractivity contribution in [1.82, 2.24) is 4.98 Å². The number of aromatic nitrogens is 1. The van der Waals surface area contributed by atoms with Crippen molar-refractivity contribution in [3.63, 3.8) is 0 Å². The van der Waals surface area contributed by atoms with Crippen LogP contribution in [0.25, 0.3) is 11.3 Å². The van der Waals surface area contributed by atoms with Crippen molar-refractivity contribution >= 4 is 22.9 Å². The van der Waals surface area contributed by atoms with Crippen LogP contribution in [0.1, 0.15) is 23.9 Å². The maximum atomic E-state index is 12.9. The number of hydrogen-bond acceptors (Lipinski definition) is 5. The first kappa shape index (κ1) is 20.6. The average Bonchev–Trinajstić information content (AvgIpc) is 3.24. The molecular weight excluding hydrogens is 396 g/mol. The zero-order valence-corrected chi connectivity index (χ0v) is 18.2. The Labute approximate surface area is 181 Å². The Hall–Kier alpha value is -2.70. The molecular formula is C24H26N2O3S. The maximum absolute atomic E-state index is 12.9. The van der Waals surface area contributed by atoms with E-state index >= 15 is 0 Å². The molecule has 2 heterocycles. The first-order chi connectivity index (χ1) is 14.7. The normalized spacial score (nSPS) is 15.7. The van der Waals surface area contributed by atoms with Gasteiger partial charge in [0.2, 0.25) is 0 Å². The molecule has 0 fully saturated rings. The smallest absolute Gasteiger partial charge is 0.267 e. The topological polar surface area (TPSA) is 51.7 Å². The minimum Gasteiger partial charge on any atom is -0.479 e. The van der Waals surface area contributed by atoms with Crippen molar-refractivity contribution in [2.75, 3.05) is 25.2 Å². The second-order valence-corrected chi connectivity index (χ2v) is 8.33. The van der Waals surface area contributed by atoms with Gasteiger partial charge < -0.3 is 14.4 Å². The number of ether oxygens (including phenoxy) is 2. The maximum Gasteiger partial charge on any atom is 0.267 e. The zero-order chi connectivity index (χ0) is 20.9. The molecule has 1 amide bonds. The molecule has 0 spiro atoms. The summed E-state index contributed by atoms with van der Waals surface area (Å²) in [6.07, 6.45) is 2.16. The lowest BCUT2D eigenvalue weighted by Crippen LogP contribution is -2.45. The molecule has 1 unspecified atom stereocenters. The van der Waals surface area contributed by atoms with E-state index in [1.807, 2.05) is 48.2 Å². The number of benzene rings is 2. The largest absolute Gasteiger partial charge is 0.479 e. The molecule has 1 atom stereocenters. The number of hydrogen-bond donors (Lipinski definition) is 0. The SMILES string of the molecule is COCCc1nc(-c2ccc3c(c2)N(CCCc2ccccc2)C(=O)C(C)O3)cs1. The summed E-state index contributed by atoms with van der Waals surface area (Å²) < 4.78 is 11.0. The van der Waals surface area contributed by atoms with E-state index in [1.165, 1.54) is 5.56 Å². The van der Waals surface area contributed by atoms with Crippen LogP contribution in [-0.2, 0) is 22.4 Å². The summed E-state index contributed by atoms with van der Waals surface area (Å²) in [5.41, 5.74) is 4.03. The second-order valence-electron chi connectivity index (χ2n) is 7.39. The van der Waals surface area contributed by atoms with E-state index in [9.17, 15) is 4.79 Å². The van der Waals surface area contributed by atoms with Crippen LogP contribution in [0.4, 0.5) is 5.69 Å². The molecule has 4 rings (SSSR count). The van der Waals surface area contributed by atoms with Crippen molar-refractivity contribution in [2.45, 2.75) is 32.3 Å². The highest BCUT2D eigenvalue weighted by Gasteiger charge is 2.31. The third-order valence-electron chi connectivity index (χ3n) is 5.22. The van der Waals surface area contributed by atoms with Gasteiger partial charge in [0.25, 0.3) is 5.91 Å². The molecule has 1 aliphatic heterocycles. The van der Waals surface area contributed by atoms with Crippen LogP contribution in [-0.4, -0.2) is 37.3 Å². The molecule has 1 aromatic heterocycles. The average molecular weight is 423 g/mol. The van der Waals surface area contributed by atoms with Crippen molar-refractivity contribution in [3.8, 4) is 17.0 Å². The van der Waals surface area contributed by atoms with Crippen LogP contribution in [0.3, 0.4) is 0 Å². The van der Waals surface area contributed by atoms with Gasteiger partial charge in [-0.3, -0.25) is 4.79 Å².